The summed E-state index contributed by atoms with van der Waals surface area (Å²) in [4.78, 5) is 14.9. The Balaban J connectivity index is 1.37. The molecule has 2 heterocycles. The minimum absolute atomic E-state index is 0.382. The molecule has 6 aromatic carbocycles. The van der Waals surface area contributed by atoms with Gasteiger partial charge in [0.2, 0.25) is 0 Å². The zero-order chi connectivity index (χ0) is 27.2. The third-order valence-electron chi connectivity index (χ3n) is 7.56. The Morgan fingerprint density at radius 3 is 1.54 bits per heavy atom. The van der Waals surface area contributed by atoms with Gasteiger partial charge in [0.1, 0.15) is 0 Å². The number of hydrogen-bond donors (Lipinski definition) is 0. The van der Waals surface area contributed by atoms with Crippen LogP contribution in [0.2, 0.25) is 0 Å². The van der Waals surface area contributed by atoms with E-state index in [9.17, 15) is 0 Å². The van der Waals surface area contributed by atoms with Crippen LogP contribution < -0.4 is 0 Å². The van der Waals surface area contributed by atoms with Crippen molar-refractivity contribution in [2.24, 2.45) is 0 Å². The van der Waals surface area contributed by atoms with Gasteiger partial charge >= 0.3 is 212 Å². The van der Waals surface area contributed by atoms with Gasteiger partial charge in [0.05, 0.1) is 0 Å². The summed E-state index contributed by atoms with van der Waals surface area (Å²) < 4.78 is 3.04. The summed E-state index contributed by atoms with van der Waals surface area (Å²) in [5.41, 5.74) is 5.48. The fourth-order valence-electron chi connectivity index (χ4n) is 5.67. The molecule has 4 heteroatoms. The smallest absolute Gasteiger partial charge is 0.0615 e. The average Bonchev–Trinajstić information content (AvgIpc) is 3.44. The normalized spacial score (nSPS) is 11.4. The molecule has 0 saturated carbocycles. The molecule has 0 aliphatic carbocycles. The van der Waals surface area contributed by atoms with Crippen LogP contribution in [0.1, 0.15) is 0 Å². The van der Waals surface area contributed by atoms with Crippen LogP contribution in [0.25, 0.3) is 73.6 Å². The van der Waals surface area contributed by atoms with Gasteiger partial charge in [0.15, 0.2) is 0 Å². The van der Waals surface area contributed by atoms with Gasteiger partial charge in [-0.1, -0.05) is 36.4 Å². The number of fused-ring (bicyclic) bond motifs is 4. The van der Waals surface area contributed by atoms with E-state index >= 15 is 0 Å². The molecule has 0 fully saturated rings. The van der Waals surface area contributed by atoms with Gasteiger partial charge in [0.25, 0.3) is 0 Å². The van der Waals surface area contributed by atoms with Gasteiger partial charge in [-0.25, -0.2) is 0 Å². The molecule has 8 aromatic rings. The molecule has 0 saturated heterocycles. The van der Waals surface area contributed by atoms with Crippen molar-refractivity contribution < 1.29 is 0 Å². The summed E-state index contributed by atoms with van der Waals surface area (Å²) in [6.45, 7) is 0. The van der Waals surface area contributed by atoms with Crippen LogP contribution in [0.3, 0.4) is 0 Å². The zero-order valence-corrected chi connectivity index (χ0v) is 24.4. The number of nitrogens with zero attached hydrogens (tertiary/aromatic N) is 3. The van der Waals surface area contributed by atoms with Gasteiger partial charge in [-0.2, -0.15) is 0 Å². The number of hydrogen-bond acceptors (Lipinski definition) is 3. The minimum Gasteiger partial charge on any atom is -0.0615 e. The van der Waals surface area contributed by atoms with E-state index < -0.39 is 0 Å². The van der Waals surface area contributed by atoms with E-state index in [-0.39, 0.29) is 20.4 Å². The van der Waals surface area contributed by atoms with Gasteiger partial charge < -0.3 is 0 Å². The van der Waals surface area contributed by atoms with Crippen molar-refractivity contribution in [2.75, 3.05) is 0 Å². The standard InChI is InChI=1S/C37H23N3Te/c1-3-12-24(13-4-1)35-38-36(25-14-5-2-6-15-25)40-37(39-35)30-21-10-17-26-27(18-9-19-28(26)30)29-20-11-23-33-34(29)31-16-7-8-22-32(31)41-33/h1-23H. The van der Waals surface area contributed by atoms with E-state index in [0.29, 0.717) is 17.5 Å². The predicted octanol–water partition coefficient (Wildman–Crippen LogP) is 9.06. The summed E-state index contributed by atoms with van der Waals surface area (Å²) in [7, 11) is 0. The molecule has 0 aliphatic rings. The predicted molar refractivity (Wildman–Crippen MR) is 171 cm³/mol. The Kier molecular flexibility index (Phi) is 5.95. The molecule has 3 nitrogen and oxygen atoms in total. The SMILES string of the molecule is c1ccc(-c2nc(-c3ccccc3)nc(-c3cccc4c(-c5cccc6[te]c7ccccc7c56)cccc34)n2)cc1. The molecule has 2 aromatic heterocycles. The zero-order valence-electron chi connectivity index (χ0n) is 22.0. The first kappa shape index (κ1) is 24.2. The van der Waals surface area contributed by atoms with E-state index in [2.05, 4.69) is 78.9 Å². The van der Waals surface area contributed by atoms with E-state index in [1.807, 2.05) is 60.7 Å². The van der Waals surface area contributed by atoms with Gasteiger partial charge in [-0.3, -0.25) is 0 Å². The van der Waals surface area contributed by atoms with Crippen molar-refractivity contribution in [1.29, 1.82) is 0 Å². The molecule has 8 rings (SSSR count). The first-order chi connectivity index (χ1) is 20.3. The second kappa shape index (κ2) is 10.1. The first-order valence-corrected chi connectivity index (χ1v) is 16.0. The Morgan fingerprint density at radius 1 is 0.341 bits per heavy atom. The molecule has 0 atom stereocenters. The second-order valence-electron chi connectivity index (χ2n) is 10.0. The van der Waals surface area contributed by atoms with Crippen molar-refractivity contribution in [3.05, 3.63) is 140 Å². The Morgan fingerprint density at radius 2 is 0.829 bits per heavy atom. The van der Waals surface area contributed by atoms with Crippen LogP contribution in [0.15, 0.2) is 140 Å². The Bertz CT molecular complexity index is 2140. The number of benzene rings is 6. The van der Waals surface area contributed by atoms with Crippen molar-refractivity contribution >= 4 is 48.8 Å². The molecule has 41 heavy (non-hydrogen) atoms. The summed E-state index contributed by atoms with van der Waals surface area (Å²) in [5.74, 6) is 2.02. The summed E-state index contributed by atoms with van der Waals surface area (Å²) in [6, 6.07) is 49.1. The van der Waals surface area contributed by atoms with Crippen LogP contribution in [-0.4, -0.2) is 35.4 Å². The van der Waals surface area contributed by atoms with Crippen LogP contribution in [0.5, 0.6) is 0 Å². The fraction of sp³-hybridized carbons (Fsp3) is 0. The fourth-order valence-corrected chi connectivity index (χ4v) is 8.90. The van der Waals surface area contributed by atoms with Crippen LogP contribution in [-0.2, 0) is 0 Å². The third-order valence-corrected chi connectivity index (χ3v) is 10.8. The van der Waals surface area contributed by atoms with Crippen molar-refractivity contribution in [3.63, 3.8) is 0 Å². The Hall–Kier alpha value is -4.62. The first-order valence-electron chi connectivity index (χ1n) is 13.6. The maximum absolute atomic E-state index is 5.02. The molecule has 192 valence electrons. The number of aromatic nitrogens is 3. The summed E-state index contributed by atoms with van der Waals surface area (Å²) in [6.07, 6.45) is 0. The second-order valence-corrected chi connectivity index (χ2v) is 13.1. The van der Waals surface area contributed by atoms with Crippen LogP contribution >= 0.6 is 0 Å². The van der Waals surface area contributed by atoms with E-state index in [4.69, 9.17) is 15.0 Å². The summed E-state index contributed by atoms with van der Waals surface area (Å²) in [5, 5.41) is 5.13. The molecule has 0 N–H and O–H groups in total. The molecule has 0 bridgehead atoms. The molecule has 0 aliphatic heterocycles. The van der Waals surface area contributed by atoms with Gasteiger partial charge in [0, 0.05) is 0 Å². The third kappa shape index (κ3) is 4.24. The molecule has 0 amide bonds. The number of rotatable bonds is 4. The molecule has 0 radical (unpaired) electrons. The monoisotopic (exact) mass is 639 g/mol. The van der Waals surface area contributed by atoms with Crippen LogP contribution in [0.4, 0.5) is 0 Å². The van der Waals surface area contributed by atoms with Crippen molar-refractivity contribution in [2.45, 2.75) is 0 Å². The maximum atomic E-state index is 5.02. The van der Waals surface area contributed by atoms with E-state index in [0.717, 1.165) is 22.1 Å². The van der Waals surface area contributed by atoms with Gasteiger partial charge in [-0.05, 0) is 0 Å². The van der Waals surface area contributed by atoms with Gasteiger partial charge in [-0.15, -0.1) is 0 Å². The Labute approximate surface area is 247 Å². The van der Waals surface area contributed by atoms with Crippen molar-refractivity contribution in [1.82, 2.24) is 15.0 Å². The average molecular weight is 637 g/mol. The van der Waals surface area contributed by atoms with Crippen LogP contribution in [0, 0.1) is 0 Å². The molecular formula is C37H23N3Te. The van der Waals surface area contributed by atoms with E-state index in [1.54, 1.807) is 0 Å². The molecule has 0 unspecified atom stereocenters. The van der Waals surface area contributed by atoms with E-state index in [1.165, 1.54) is 34.1 Å². The molecule has 0 spiro atoms. The summed E-state index contributed by atoms with van der Waals surface area (Å²) >= 11 is -0.382. The minimum atomic E-state index is -0.382. The molecular weight excluding hydrogens is 614 g/mol. The quantitative estimate of drug-likeness (QED) is 0.181. The topological polar surface area (TPSA) is 38.7 Å². The van der Waals surface area contributed by atoms with Crippen molar-refractivity contribution in [3.8, 4) is 45.3 Å².